The number of hydrogen-bond acceptors (Lipinski definition) is 4. The quantitative estimate of drug-likeness (QED) is 0.236. The van der Waals surface area contributed by atoms with Crippen LogP contribution in [0.1, 0.15) is 24.8 Å². The average molecular weight is 469 g/mol. The van der Waals surface area contributed by atoms with Crippen molar-refractivity contribution in [1.29, 1.82) is 0 Å². The summed E-state index contributed by atoms with van der Waals surface area (Å²) in [5.74, 6) is -1.53. The Hall–Kier alpha value is -4.23. The van der Waals surface area contributed by atoms with E-state index in [1.165, 1.54) is 6.08 Å². The Morgan fingerprint density at radius 3 is 2.49 bits per heavy atom. The van der Waals surface area contributed by atoms with E-state index in [2.05, 4.69) is 17.4 Å². The van der Waals surface area contributed by atoms with Gasteiger partial charge in [-0.05, 0) is 60.9 Å². The number of para-hydroxylation sites is 1. The van der Waals surface area contributed by atoms with Crippen molar-refractivity contribution in [3.8, 4) is 16.9 Å². The third kappa shape index (κ3) is 6.02. The summed E-state index contributed by atoms with van der Waals surface area (Å²) >= 11 is 0. The van der Waals surface area contributed by atoms with Crippen molar-refractivity contribution in [2.45, 2.75) is 25.3 Å². The first-order chi connectivity index (χ1) is 17.0. The van der Waals surface area contributed by atoms with Crippen LogP contribution < -0.4 is 11.1 Å². The third-order valence-electron chi connectivity index (χ3n) is 5.76. The molecular formula is C28H28N4O3. The molecular weight excluding hydrogens is 440 g/mol. The molecule has 0 bridgehead atoms. The average Bonchev–Trinajstić information content (AvgIpc) is 3.31. The Kier molecular flexibility index (Phi) is 7.70. The van der Waals surface area contributed by atoms with E-state index < -0.39 is 17.9 Å². The highest BCUT2D eigenvalue weighted by atomic mass is 16.4. The molecule has 0 aliphatic rings. The number of rotatable bonds is 10. The maximum Gasteiger partial charge on any atom is 0.326 e. The van der Waals surface area contributed by atoms with Gasteiger partial charge in [-0.2, -0.15) is 5.10 Å². The summed E-state index contributed by atoms with van der Waals surface area (Å²) in [7, 11) is 0. The normalized spacial score (nSPS) is 12.1. The van der Waals surface area contributed by atoms with Crippen LogP contribution >= 0.6 is 0 Å². The minimum Gasteiger partial charge on any atom is -0.480 e. The van der Waals surface area contributed by atoms with Crippen molar-refractivity contribution >= 4 is 28.7 Å². The molecule has 3 aromatic carbocycles. The molecule has 7 heteroatoms. The zero-order valence-corrected chi connectivity index (χ0v) is 19.3. The standard InChI is InChI=1S/C28H28N4O3/c29-17-7-6-12-25(28(34)35)30-26(33)16-15-23-19-32(24-10-2-1-3-11-24)31-27(23)22-14-13-20-8-4-5-9-21(20)18-22/h1-5,8-11,13-16,18-19,25H,6-7,12,17,29H2,(H,30,33)(H,34,35)/b16-15+. The van der Waals surface area contributed by atoms with Crippen LogP contribution in [0.5, 0.6) is 0 Å². The summed E-state index contributed by atoms with van der Waals surface area (Å²) < 4.78 is 1.77. The van der Waals surface area contributed by atoms with Gasteiger partial charge in [0.2, 0.25) is 5.91 Å². The fourth-order valence-electron chi connectivity index (χ4n) is 3.92. The Labute approximate surface area is 203 Å². The zero-order valence-electron chi connectivity index (χ0n) is 19.3. The number of aliphatic carboxylic acids is 1. The number of benzene rings is 3. The van der Waals surface area contributed by atoms with E-state index in [0.717, 1.165) is 33.3 Å². The molecule has 0 spiro atoms. The summed E-state index contributed by atoms with van der Waals surface area (Å²) in [5.41, 5.74) is 8.77. The molecule has 178 valence electrons. The third-order valence-corrected chi connectivity index (χ3v) is 5.76. The first-order valence-electron chi connectivity index (χ1n) is 11.6. The number of carbonyl (C=O) groups is 2. The highest BCUT2D eigenvalue weighted by molar-refractivity contribution is 5.95. The predicted octanol–water partition coefficient (Wildman–Crippen LogP) is 4.40. The molecule has 0 aliphatic heterocycles. The van der Waals surface area contributed by atoms with Crippen LogP contribution in [-0.2, 0) is 9.59 Å². The molecule has 1 heterocycles. The van der Waals surface area contributed by atoms with Crippen LogP contribution in [0.3, 0.4) is 0 Å². The lowest BCUT2D eigenvalue weighted by atomic mass is 10.0. The second-order valence-electron chi connectivity index (χ2n) is 8.29. The fourth-order valence-corrected chi connectivity index (χ4v) is 3.92. The zero-order chi connectivity index (χ0) is 24.6. The van der Waals surface area contributed by atoms with Gasteiger partial charge in [0.15, 0.2) is 0 Å². The summed E-state index contributed by atoms with van der Waals surface area (Å²) in [6, 6.07) is 23.0. The van der Waals surface area contributed by atoms with Crippen LogP contribution in [0.15, 0.2) is 85.1 Å². The lowest BCUT2D eigenvalue weighted by molar-refractivity contribution is -0.141. The van der Waals surface area contributed by atoms with Gasteiger partial charge in [0.25, 0.3) is 0 Å². The number of nitrogens with two attached hydrogens (primary N) is 1. The van der Waals surface area contributed by atoms with Crippen LogP contribution in [0.4, 0.5) is 0 Å². The lowest BCUT2D eigenvalue weighted by Crippen LogP contribution is -2.39. The van der Waals surface area contributed by atoms with Gasteiger partial charge >= 0.3 is 5.97 Å². The first kappa shape index (κ1) is 23.9. The first-order valence-corrected chi connectivity index (χ1v) is 11.6. The van der Waals surface area contributed by atoms with Crippen LogP contribution in [0, 0.1) is 0 Å². The maximum absolute atomic E-state index is 12.6. The largest absolute Gasteiger partial charge is 0.480 e. The van der Waals surface area contributed by atoms with Crippen molar-refractivity contribution in [2.24, 2.45) is 5.73 Å². The van der Waals surface area contributed by atoms with Crippen LogP contribution in [0.25, 0.3) is 33.8 Å². The fraction of sp³-hybridized carbons (Fsp3) is 0.179. The molecule has 0 saturated carbocycles. The van der Waals surface area contributed by atoms with Gasteiger partial charge in [-0.25, -0.2) is 9.48 Å². The minimum atomic E-state index is -1.06. The predicted molar refractivity (Wildman–Crippen MR) is 138 cm³/mol. The van der Waals surface area contributed by atoms with E-state index in [0.29, 0.717) is 25.8 Å². The van der Waals surface area contributed by atoms with Gasteiger partial charge in [-0.1, -0.05) is 54.6 Å². The van der Waals surface area contributed by atoms with Crippen molar-refractivity contribution in [2.75, 3.05) is 6.54 Å². The molecule has 4 N–H and O–H groups in total. The van der Waals surface area contributed by atoms with Crippen molar-refractivity contribution < 1.29 is 14.7 Å². The van der Waals surface area contributed by atoms with E-state index in [-0.39, 0.29) is 0 Å². The molecule has 1 unspecified atom stereocenters. The van der Waals surface area contributed by atoms with Gasteiger partial charge in [0, 0.05) is 23.4 Å². The van der Waals surface area contributed by atoms with Gasteiger partial charge < -0.3 is 16.2 Å². The molecule has 4 aromatic rings. The number of nitrogens with zero attached hydrogens (tertiary/aromatic N) is 2. The van der Waals surface area contributed by atoms with Crippen molar-refractivity contribution in [3.05, 3.63) is 90.6 Å². The van der Waals surface area contributed by atoms with Gasteiger partial charge in [-0.3, -0.25) is 4.79 Å². The van der Waals surface area contributed by atoms with Gasteiger partial charge in [0.1, 0.15) is 6.04 Å². The highest BCUT2D eigenvalue weighted by Crippen LogP contribution is 2.28. The number of carbonyl (C=O) groups excluding carboxylic acids is 1. The van der Waals surface area contributed by atoms with Crippen LogP contribution in [0.2, 0.25) is 0 Å². The second kappa shape index (κ2) is 11.3. The molecule has 0 fully saturated rings. The van der Waals surface area contributed by atoms with Crippen molar-refractivity contribution in [3.63, 3.8) is 0 Å². The Bertz CT molecular complexity index is 1340. The number of unbranched alkanes of at least 4 members (excludes halogenated alkanes) is 1. The number of fused-ring (bicyclic) bond motifs is 1. The van der Waals surface area contributed by atoms with E-state index in [1.54, 1.807) is 10.8 Å². The molecule has 1 atom stereocenters. The SMILES string of the molecule is NCCCCC(NC(=O)/C=C/c1cn(-c2ccccc2)nc1-c1ccc2ccccc2c1)C(=O)O. The number of aromatic nitrogens is 2. The Morgan fingerprint density at radius 1 is 1.00 bits per heavy atom. The number of hydrogen-bond donors (Lipinski definition) is 3. The summed E-state index contributed by atoms with van der Waals surface area (Å²) in [4.78, 5) is 24.1. The lowest BCUT2D eigenvalue weighted by Gasteiger charge is -2.12. The smallest absolute Gasteiger partial charge is 0.326 e. The van der Waals surface area contributed by atoms with E-state index in [1.807, 2.05) is 66.9 Å². The van der Waals surface area contributed by atoms with Crippen LogP contribution in [-0.4, -0.2) is 39.4 Å². The van der Waals surface area contributed by atoms with Gasteiger partial charge in [-0.15, -0.1) is 0 Å². The molecule has 0 saturated heterocycles. The molecule has 35 heavy (non-hydrogen) atoms. The monoisotopic (exact) mass is 468 g/mol. The summed E-state index contributed by atoms with van der Waals surface area (Å²) in [5, 5.41) is 19.0. The number of carboxylic acid groups (broad SMARTS) is 1. The molecule has 0 aliphatic carbocycles. The Balaban J connectivity index is 1.63. The number of nitrogens with one attached hydrogen (secondary N) is 1. The minimum absolute atomic E-state index is 0.334. The number of carboxylic acids is 1. The second-order valence-corrected chi connectivity index (χ2v) is 8.29. The summed E-state index contributed by atoms with van der Waals surface area (Å²) in [6.07, 6.45) is 6.57. The number of amides is 1. The topological polar surface area (TPSA) is 110 Å². The van der Waals surface area contributed by atoms with E-state index in [4.69, 9.17) is 10.8 Å². The molecule has 4 rings (SSSR count). The Morgan fingerprint density at radius 2 is 1.74 bits per heavy atom. The van der Waals surface area contributed by atoms with E-state index in [9.17, 15) is 14.7 Å². The maximum atomic E-state index is 12.6. The van der Waals surface area contributed by atoms with Gasteiger partial charge in [0.05, 0.1) is 11.4 Å². The molecule has 0 radical (unpaired) electrons. The van der Waals surface area contributed by atoms with E-state index >= 15 is 0 Å². The molecule has 1 aromatic heterocycles. The summed E-state index contributed by atoms with van der Waals surface area (Å²) in [6.45, 7) is 0.489. The molecule has 7 nitrogen and oxygen atoms in total. The molecule has 1 amide bonds. The highest BCUT2D eigenvalue weighted by Gasteiger charge is 2.18. The van der Waals surface area contributed by atoms with Crippen molar-refractivity contribution in [1.82, 2.24) is 15.1 Å².